The maximum atomic E-state index is 10.0. The highest BCUT2D eigenvalue weighted by molar-refractivity contribution is 5.21. The van der Waals surface area contributed by atoms with Gasteiger partial charge in [0.15, 0.2) is 0 Å². The molecule has 2 rings (SSSR count). The van der Waals surface area contributed by atoms with E-state index in [9.17, 15) is 5.11 Å². The minimum Gasteiger partial charge on any atom is -0.388 e. The molecule has 1 aromatic heterocycles. The van der Waals surface area contributed by atoms with Gasteiger partial charge in [0.25, 0.3) is 0 Å². The average molecular weight is 213 g/mol. The molecule has 0 fully saturated rings. The summed E-state index contributed by atoms with van der Waals surface area (Å²) in [6.07, 6.45) is 1.89. The van der Waals surface area contributed by atoms with Crippen molar-refractivity contribution in [1.82, 2.24) is 4.98 Å². The zero-order chi connectivity index (χ0) is 11.4. The molecule has 16 heavy (non-hydrogen) atoms. The van der Waals surface area contributed by atoms with Gasteiger partial charge in [-0.2, -0.15) is 0 Å². The number of aliphatic hydroxyl groups excluding tert-OH is 1. The Morgan fingerprint density at radius 3 is 2.50 bits per heavy atom. The normalized spacial score (nSPS) is 12.4. The Labute approximate surface area is 95.6 Å². The Balaban J connectivity index is 2.09. The highest BCUT2D eigenvalue weighted by Gasteiger charge is 2.08. The lowest BCUT2D eigenvalue weighted by molar-refractivity contribution is 0.178. The Kier molecular flexibility index (Phi) is 3.32. The largest absolute Gasteiger partial charge is 0.388 e. The van der Waals surface area contributed by atoms with E-state index < -0.39 is 6.10 Å². The Morgan fingerprint density at radius 1 is 1.12 bits per heavy atom. The molecule has 0 bridgehead atoms. The van der Waals surface area contributed by atoms with Gasteiger partial charge in [0.1, 0.15) is 0 Å². The molecule has 2 aromatic rings. The fourth-order valence-corrected chi connectivity index (χ4v) is 1.63. The summed E-state index contributed by atoms with van der Waals surface area (Å²) in [5, 5.41) is 10.0. The van der Waals surface area contributed by atoms with Crippen LogP contribution in [0.2, 0.25) is 0 Å². The molecule has 2 heteroatoms. The predicted molar refractivity (Wildman–Crippen MR) is 64.1 cm³/mol. The van der Waals surface area contributed by atoms with Gasteiger partial charge in [-0.15, -0.1) is 0 Å². The standard InChI is InChI=1S/C14H15NO/c1-11-7-8-13(10-15-11)14(16)9-12-5-3-2-4-6-12/h2-8,10,14,16H,9H2,1H3. The molecule has 1 heterocycles. The van der Waals surface area contributed by atoms with Crippen LogP contribution in [0.3, 0.4) is 0 Å². The van der Waals surface area contributed by atoms with E-state index in [0.717, 1.165) is 16.8 Å². The van der Waals surface area contributed by atoms with Gasteiger partial charge in [0.05, 0.1) is 6.10 Å². The third-order valence-electron chi connectivity index (χ3n) is 2.59. The van der Waals surface area contributed by atoms with E-state index in [1.807, 2.05) is 49.4 Å². The highest BCUT2D eigenvalue weighted by atomic mass is 16.3. The molecule has 0 saturated carbocycles. The predicted octanol–water partition coefficient (Wildman–Crippen LogP) is 2.67. The lowest BCUT2D eigenvalue weighted by Crippen LogP contribution is -2.02. The van der Waals surface area contributed by atoms with E-state index in [0.29, 0.717) is 6.42 Å². The molecule has 0 aliphatic heterocycles. The number of pyridine rings is 1. The van der Waals surface area contributed by atoms with Gasteiger partial charge < -0.3 is 5.11 Å². The molecule has 1 atom stereocenters. The van der Waals surface area contributed by atoms with Crippen molar-refractivity contribution in [3.05, 3.63) is 65.5 Å². The molecule has 1 N–H and O–H groups in total. The molecule has 82 valence electrons. The van der Waals surface area contributed by atoms with Crippen LogP contribution in [0.25, 0.3) is 0 Å². The van der Waals surface area contributed by atoms with Crippen LogP contribution in [-0.4, -0.2) is 10.1 Å². The first-order valence-corrected chi connectivity index (χ1v) is 5.40. The Bertz CT molecular complexity index is 436. The molecular weight excluding hydrogens is 198 g/mol. The number of nitrogens with zero attached hydrogens (tertiary/aromatic N) is 1. The van der Waals surface area contributed by atoms with E-state index in [1.165, 1.54) is 0 Å². The molecule has 1 unspecified atom stereocenters. The Hall–Kier alpha value is -1.67. The number of hydrogen-bond acceptors (Lipinski definition) is 2. The van der Waals surface area contributed by atoms with Crippen molar-refractivity contribution >= 4 is 0 Å². The maximum Gasteiger partial charge on any atom is 0.0845 e. The summed E-state index contributed by atoms with van der Waals surface area (Å²) in [4.78, 5) is 4.18. The first kappa shape index (κ1) is 10.8. The van der Waals surface area contributed by atoms with Crippen molar-refractivity contribution < 1.29 is 5.11 Å². The van der Waals surface area contributed by atoms with Crippen LogP contribution < -0.4 is 0 Å². The molecule has 2 nitrogen and oxygen atoms in total. The molecule has 0 amide bonds. The monoisotopic (exact) mass is 213 g/mol. The number of aryl methyl sites for hydroxylation is 1. The molecule has 0 saturated heterocycles. The molecular formula is C14H15NO. The van der Waals surface area contributed by atoms with Crippen LogP contribution in [0.15, 0.2) is 48.7 Å². The zero-order valence-electron chi connectivity index (χ0n) is 9.30. The van der Waals surface area contributed by atoms with Crippen LogP contribution in [0, 0.1) is 6.92 Å². The van der Waals surface area contributed by atoms with Crippen molar-refractivity contribution in [1.29, 1.82) is 0 Å². The number of aliphatic hydroxyl groups is 1. The van der Waals surface area contributed by atoms with Gasteiger partial charge in [-0.25, -0.2) is 0 Å². The quantitative estimate of drug-likeness (QED) is 0.850. The van der Waals surface area contributed by atoms with Crippen molar-refractivity contribution in [3.8, 4) is 0 Å². The van der Waals surface area contributed by atoms with Crippen LogP contribution >= 0.6 is 0 Å². The SMILES string of the molecule is Cc1ccc(C(O)Cc2ccccc2)cn1. The highest BCUT2D eigenvalue weighted by Crippen LogP contribution is 2.17. The van der Waals surface area contributed by atoms with Crippen molar-refractivity contribution in [2.45, 2.75) is 19.4 Å². The fraction of sp³-hybridized carbons (Fsp3) is 0.214. The summed E-state index contributed by atoms with van der Waals surface area (Å²) in [6.45, 7) is 1.94. The number of rotatable bonds is 3. The van der Waals surface area contributed by atoms with E-state index in [1.54, 1.807) is 6.20 Å². The fourth-order valence-electron chi connectivity index (χ4n) is 1.63. The third-order valence-corrected chi connectivity index (χ3v) is 2.59. The summed E-state index contributed by atoms with van der Waals surface area (Å²) in [7, 11) is 0. The van der Waals surface area contributed by atoms with Crippen LogP contribution in [0.1, 0.15) is 22.9 Å². The second-order valence-corrected chi connectivity index (χ2v) is 3.94. The van der Waals surface area contributed by atoms with Crippen LogP contribution in [0.4, 0.5) is 0 Å². The topological polar surface area (TPSA) is 33.1 Å². The maximum absolute atomic E-state index is 10.0. The Morgan fingerprint density at radius 2 is 1.88 bits per heavy atom. The van der Waals surface area contributed by atoms with Crippen LogP contribution in [0.5, 0.6) is 0 Å². The van der Waals surface area contributed by atoms with Crippen molar-refractivity contribution in [2.24, 2.45) is 0 Å². The third kappa shape index (κ3) is 2.67. The summed E-state index contributed by atoms with van der Waals surface area (Å²) in [5.41, 5.74) is 2.97. The van der Waals surface area contributed by atoms with Crippen molar-refractivity contribution in [3.63, 3.8) is 0 Å². The number of benzene rings is 1. The van der Waals surface area contributed by atoms with Crippen LogP contribution in [-0.2, 0) is 6.42 Å². The first-order valence-electron chi connectivity index (χ1n) is 5.40. The average Bonchev–Trinajstić information content (AvgIpc) is 2.31. The van der Waals surface area contributed by atoms with E-state index in [-0.39, 0.29) is 0 Å². The summed E-state index contributed by atoms with van der Waals surface area (Å²) >= 11 is 0. The zero-order valence-corrected chi connectivity index (χ0v) is 9.30. The molecule has 1 aromatic carbocycles. The summed E-state index contributed by atoms with van der Waals surface area (Å²) in [5.74, 6) is 0. The minimum atomic E-state index is -0.476. The molecule has 0 radical (unpaired) electrons. The first-order chi connectivity index (χ1) is 7.75. The second-order valence-electron chi connectivity index (χ2n) is 3.94. The molecule has 0 aliphatic rings. The lowest BCUT2D eigenvalue weighted by Gasteiger charge is -2.10. The molecule has 0 spiro atoms. The van der Waals surface area contributed by atoms with E-state index in [2.05, 4.69) is 4.98 Å². The van der Waals surface area contributed by atoms with E-state index >= 15 is 0 Å². The number of hydrogen-bond donors (Lipinski definition) is 1. The van der Waals surface area contributed by atoms with E-state index in [4.69, 9.17) is 0 Å². The van der Waals surface area contributed by atoms with Gasteiger partial charge in [-0.3, -0.25) is 4.98 Å². The minimum absolute atomic E-state index is 0.476. The molecule has 0 aliphatic carbocycles. The van der Waals surface area contributed by atoms with Gasteiger partial charge in [0.2, 0.25) is 0 Å². The smallest absolute Gasteiger partial charge is 0.0845 e. The van der Waals surface area contributed by atoms with Gasteiger partial charge in [0, 0.05) is 18.3 Å². The summed E-state index contributed by atoms with van der Waals surface area (Å²) < 4.78 is 0. The van der Waals surface area contributed by atoms with Gasteiger partial charge in [-0.05, 0) is 24.1 Å². The van der Waals surface area contributed by atoms with Gasteiger partial charge >= 0.3 is 0 Å². The van der Waals surface area contributed by atoms with Gasteiger partial charge in [-0.1, -0.05) is 36.4 Å². The number of aromatic nitrogens is 1. The lowest BCUT2D eigenvalue weighted by atomic mass is 10.0. The second kappa shape index (κ2) is 4.90. The summed E-state index contributed by atoms with van der Waals surface area (Å²) in [6, 6.07) is 13.8. The van der Waals surface area contributed by atoms with Crippen molar-refractivity contribution in [2.75, 3.05) is 0 Å².